The minimum atomic E-state index is -3.13. The van der Waals surface area contributed by atoms with Gasteiger partial charge in [0, 0.05) is 41.6 Å². The quantitative estimate of drug-likeness (QED) is 0.812. The first kappa shape index (κ1) is 17.8. The van der Waals surface area contributed by atoms with E-state index in [1.54, 1.807) is 15.6 Å². The van der Waals surface area contributed by atoms with Crippen LogP contribution in [0.5, 0.6) is 0 Å². The lowest BCUT2D eigenvalue weighted by atomic mass is 10.2. The summed E-state index contributed by atoms with van der Waals surface area (Å²) in [5, 5.41) is 3.77. The Hall–Kier alpha value is -0.990. The minimum Gasteiger partial charge on any atom is -0.294 e. The third kappa shape index (κ3) is 4.15. The molecule has 0 saturated carbocycles. The van der Waals surface area contributed by atoms with Crippen molar-refractivity contribution in [1.82, 2.24) is 14.2 Å². The topological polar surface area (TPSA) is 53.5 Å². The number of benzene rings is 1. The second-order valence-electron chi connectivity index (χ2n) is 6.09. The highest BCUT2D eigenvalue weighted by Gasteiger charge is 2.29. The van der Waals surface area contributed by atoms with Crippen molar-refractivity contribution in [1.29, 1.82) is 0 Å². The number of hydrogen-bond donors (Lipinski definition) is 0. The molecule has 0 N–H and O–H groups in total. The summed E-state index contributed by atoms with van der Waals surface area (Å²) < 4.78 is 25.0. The minimum absolute atomic E-state index is 0.0129. The molecule has 1 aliphatic heterocycles. The van der Waals surface area contributed by atoms with Gasteiger partial charge in [0.1, 0.15) is 5.01 Å². The van der Waals surface area contributed by atoms with E-state index in [1.807, 2.05) is 36.6 Å². The van der Waals surface area contributed by atoms with Crippen LogP contribution in [0.4, 0.5) is 0 Å². The van der Waals surface area contributed by atoms with Gasteiger partial charge in [-0.25, -0.2) is 13.4 Å². The first-order valence-electron chi connectivity index (χ1n) is 7.72. The van der Waals surface area contributed by atoms with Crippen LogP contribution in [0.3, 0.4) is 0 Å². The van der Waals surface area contributed by atoms with Gasteiger partial charge < -0.3 is 0 Å². The summed E-state index contributed by atoms with van der Waals surface area (Å²) in [6.07, 6.45) is 1.28. The lowest BCUT2D eigenvalue weighted by Crippen LogP contribution is -2.53. The second kappa shape index (κ2) is 7.09. The van der Waals surface area contributed by atoms with E-state index in [4.69, 9.17) is 16.6 Å². The van der Waals surface area contributed by atoms with Gasteiger partial charge in [-0.1, -0.05) is 23.7 Å². The molecule has 3 rings (SSSR count). The van der Waals surface area contributed by atoms with Crippen LogP contribution in [0.2, 0.25) is 5.02 Å². The summed E-state index contributed by atoms with van der Waals surface area (Å²) in [5.41, 5.74) is 1.94. The summed E-state index contributed by atoms with van der Waals surface area (Å²) in [5.74, 6) is 0. The highest BCUT2D eigenvalue weighted by atomic mass is 35.5. The fourth-order valence-corrected chi connectivity index (χ4v) is 5.18. The third-order valence-electron chi connectivity index (χ3n) is 4.11. The predicted octanol–water partition coefficient (Wildman–Crippen LogP) is 2.93. The highest BCUT2D eigenvalue weighted by molar-refractivity contribution is 7.88. The summed E-state index contributed by atoms with van der Waals surface area (Å²) >= 11 is 7.66. The molecule has 1 aromatic heterocycles. The number of thiazole rings is 1. The summed E-state index contributed by atoms with van der Waals surface area (Å²) in [4.78, 5) is 6.95. The van der Waals surface area contributed by atoms with Crippen LogP contribution in [0.25, 0.3) is 11.3 Å². The molecule has 24 heavy (non-hydrogen) atoms. The fraction of sp³-hybridized carbons (Fsp3) is 0.438. The van der Waals surface area contributed by atoms with Crippen molar-refractivity contribution in [3.63, 3.8) is 0 Å². The van der Waals surface area contributed by atoms with E-state index in [-0.39, 0.29) is 6.04 Å². The van der Waals surface area contributed by atoms with Crippen molar-refractivity contribution in [2.75, 3.05) is 25.9 Å². The normalized spacial score (nSPS) is 20.4. The first-order chi connectivity index (χ1) is 11.3. The molecule has 0 spiro atoms. The Balaban J connectivity index is 1.66. The average molecular weight is 386 g/mol. The van der Waals surface area contributed by atoms with Crippen molar-refractivity contribution >= 4 is 33.0 Å². The van der Waals surface area contributed by atoms with Gasteiger partial charge in [-0.05, 0) is 19.1 Å². The number of aromatic nitrogens is 1. The largest absolute Gasteiger partial charge is 0.294 e. The molecule has 1 saturated heterocycles. The van der Waals surface area contributed by atoms with E-state index < -0.39 is 10.0 Å². The molecule has 8 heteroatoms. The molecule has 1 aromatic carbocycles. The lowest BCUT2D eigenvalue weighted by Gasteiger charge is -2.37. The zero-order valence-corrected chi connectivity index (χ0v) is 16.0. The second-order valence-corrected chi connectivity index (χ2v) is 9.41. The van der Waals surface area contributed by atoms with Gasteiger partial charge in [0.25, 0.3) is 0 Å². The maximum atomic E-state index is 11.7. The van der Waals surface area contributed by atoms with Gasteiger partial charge in [-0.3, -0.25) is 4.90 Å². The van der Waals surface area contributed by atoms with Gasteiger partial charge >= 0.3 is 0 Å². The maximum Gasteiger partial charge on any atom is 0.211 e. The number of halogens is 1. The molecule has 0 unspecified atom stereocenters. The Labute approximate surface area is 151 Å². The van der Waals surface area contributed by atoms with Crippen LogP contribution >= 0.6 is 22.9 Å². The van der Waals surface area contributed by atoms with Crippen molar-refractivity contribution in [3.8, 4) is 11.3 Å². The number of nitrogens with zero attached hydrogens (tertiary/aromatic N) is 3. The van der Waals surface area contributed by atoms with Crippen LogP contribution in [-0.4, -0.2) is 54.5 Å². The molecule has 2 aromatic rings. The van der Waals surface area contributed by atoms with Crippen LogP contribution < -0.4 is 0 Å². The molecule has 0 radical (unpaired) electrons. The fourth-order valence-electron chi connectivity index (χ4n) is 3.01. The Bertz CT molecular complexity index is 822. The zero-order valence-electron chi connectivity index (χ0n) is 13.6. The standard InChI is InChI=1S/C16H20ClN3O2S2/c1-12-9-19(6-7-20(12)24(2,21)22)10-16-18-15(11-23-16)13-4-3-5-14(17)8-13/h3-5,8,11-12H,6-7,9-10H2,1-2H3/t12-/m0/s1. The molecule has 0 bridgehead atoms. The van der Waals surface area contributed by atoms with E-state index >= 15 is 0 Å². The molecule has 1 aliphatic rings. The molecular formula is C16H20ClN3O2S2. The number of piperazine rings is 1. The molecule has 5 nitrogen and oxygen atoms in total. The smallest absolute Gasteiger partial charge is 0.211 e. The van der Waals surface area contributed by atoms with Crippen LogP contribution in [-0.2, 0) is 16.6 Å². The number of rotatable bonds is 4. The van der Waals surface area contributed by atoms with Crippen LogP contribution in [0.1, 0.15) is 11.9 Å². The Morgan fingerprint density at radius 1 is 1.38 bits per heavy atom. The molecule has 0 amide bonds. The van der Waals surface area contributed by atoms with Gasteiger partial charge in [0.05, 0.1) is 18.5 Å². The van der Waals surface area contributed by atoms with E-state index in [1.165, 1.54) is 6.26 Å². The van der Waals surface area contributed by atoms with E-state index in [2.05, 4.69) is 4.90 Å². The van der Waals surface area contributed by atoms with Crippen LogP contribution in [0, 0.1) is 0 Å². The molecule has 130 valence electrons. The summed E-state index contributed by atoms with van der Waals surface area (Å²) in [6, 6.07) is 7.66. The first-order valence-corrected chi connectivity index (χ1v) is 10.8. The third-order valence-corrected chi connectivity index (χ3v) is 6.57. The number of sulfonamides is 1. The van der Waals surface area contributed by atoms with Gasteiger partial charge in [-0.15, -0.1) is 11.3 Å². The Morgan fingerprint density at radius 2 is 2.17 bits per heavy atom. The average Bonchev–Trinajstić information content (AvgIpc) is 2.94. The van der Waals surface area contributed by atoms with Gasteiger partial charge in [0.15, 0.2) is 0 Å². The Kier molecular flexibility index (Phi) is 5.27. The number of hydrogen-bond acceptors (Lipinski definition) is 5. The monoisotopic (exact) mass is 385 g/mol. The molecular weight excluding hydrogens is 366 g/mol. The molecule has 1 atom stereocenters. The molecule has 0 aliphatic carbocycles. The zero-order chi connectivity index (χ0) is 17.3. The predicted molar refractivity (Wildman–Crippen MR) is 98.8 cm³/mol. The Morgan fingerprint density at radius 3 is 2.83 bits per heavy atom. The van der Waals surface area contributed by atoms with Crippen LogP contribution in [0.15, 0.2) is 29.6 Å². The summed E-state index contributed by atoms with van der Waals surface area (Å²) in [7, 11) is -3.13. The van der Waals surface area contributed by atoms with E-state index in [0.29, 0.717) is 11.6 Å². The van der Waals surface area contributed by atoms with Gasteiger partial charge in [-0.2, -0.15) is 4.31 Å². The highest BCUT2D eigenvalue weighted by Crippen LogP contribution is 2.25. The van der Waals surface area contributed by atoms with E-state index in [0.717, 1.165) is 35.9 Å². The molecule has 1 fully saturated rings. The molecule has 2 heterocycles. The van der Waals surface area contributed by atoms with E-state index in [9.17, 15) is 8.42 Å². The van der Waals surface area contributed by atoms with Crippen molar-refractivity contribution in [3.05, 3.63) is 39.7 Å². The lowest BCUT2D eigenvalue weighted by molar-refractivity contribution is 0.138. The van der Waals surface area contributed by atoms with Crippen molar-refractivity contribution < 1.29 is 8.42 Å². The van der Waals surface area contributed by atoms with Crippen molar-refractivity contribution in [2.24, 2.45) is 0 Å². The van der Waals surface area contributed by atoms with Crippen molar-refractivity contribution in [2.45, 2.75) is 19.5 Å². The van der Waals surface area contributed by atoms with Gasteiger partial charge in [0.2, 0.25) is 10.0 Å². The SMILES string of the molecule is C[C@H]1CN(Cc2nc(-c3cccc(Cl)c3)cs2)CCN1S(C)(=O)=O. The maximum absolute atomic E-state index is 11.7. The summed E-state index contributed by atoms with van der Waals surface area (Å²) in [6.45, 7) is 4.68.